The molecular weight excluding hydrogens is 256 g/mol. The molecule has 1 N–H and O–H groups in total. The van der Waals surface area contributed by atoms with Crippen LogP contribution < -0.4 is 5.32 Å². The van der Waals surface area contributed by atoms with Crippen molar-refractivity contribution in [2.75, 3.05) is 20.1 Å². The second-order valence-electron chi connectivity index (χ2n) is 7.87. The molecule has 1 unspecified atom stereocenters. The van der Waals surface area contributed by atoms with E-state index in [9.17, 15) is 0 Å². The zero-order valence-electron chi connectivity index (χ0n) is 14.1. The summed E-state index contributed by atoms with van der Waals surface area (Å²) in [4.78, 5) is 2.73. The first kappa shape index (κ1) is 15.1. The smallest absolute Gasteiger partial charge is 0.0351 e. The predicted octanol–water partition coefficient (Wildman–Crippen LogP) is 3.87. The van der Waals surface area contributed by atoms with Crippen molar-refractivity contribution >= 4 is 0 Å². The summed E-state index contributed by atoms with van der Waals surface area (Å²) in [5, 5.41) is 3.51. The van der Waals surface area contributed by atoms with Gasteiger partial charge in [0, 0.05) is 24.7 Å². The second-order valence-corrected chi connectivity index (χ2v) is 7.87. The van der Waals surface area contributed by atoms with E-state index in [0.29, 0.717) is 17.0 Å². The number of fused-ring (bicyclic) bond motifs is 1. The van der Waals surface area contributed by atoms with Crippen molar-refractivity contribution in [3.8, 4) is 0 Å². The van der Waals surface area contributed by atoms with Crippen LogP contribution in [0.4, 0.5) is 0 Å². The maximum absolute atomic E-state index is 3.51. The highest BCUT2D eigenvalue weighted by Crippen LogP contribution is 2.44. The SMILES string of the molecule is CNC1(C)CCN(C2CCC(C)(C)c3ccccc32)CC1. The third-order valence-corrected chi connectivity index (χ3v) is 6.04. The van der Waals surface area contributed by atoms with Gasteiger partial charge in [0.1, 0.15) is 0 Å². The van der Waals surface area contributed by atoms with Crippen LogP contribution in [-0.4, -0.2) is 30.6 Å². The van der Waals surface area contributed by atoms with Crippen molar-refractivity contribution in [3.63, 3.8) is 0 Å². The number of nitrogens with zero attached hydrogens (tertiary/aromatic N) is 1. The van der Waals surface area contributed by atoms with E-state index >= 15 is 0 Å². The summed E-state index contributed by atoms with van der Waals surface area (Å²) in [6, 6.07) is 9.78. The lowest BCUT2D eigenvalue weighted by molar-refractivity contribution is 0.0942. The molecule has 0 aromatic heterocycles. The van der Waals surface area contributed by atoms with Gasteiger partial charge >= 0.3 is 0 Å². The molecule has 1 aromatic carbocycles. The van der Waals surface area contributed by atoms with E-state index in [2.05, 4.69) is 62.3 Å². The van der Waals surface area contributed by atoms with Crippen LogP contribution in [-0.2, 0) is 5.41 Å². The molecule has 0 bridgehead atoms. The molecule has 0 radical (unpaired) electrons. The van der Waals surface area contributed by atoms with Crippen molar-refractivity contribution in [1.29, 1.82) is 0 Å². The zero-order valence-corrected chi connectivity index (χ0v) is 14.1. The van der Waals surface area contributed by atoms with E-state index in [1.165, 1.54) is 38.8 Å². The molecule has 2 heteroatoms. The first-order chi connectivity index (χ1) is 9.95. The Hall–Kier alpha value is -0.860. The maximum Gasteiger partial charge on any atom is 0.0351 e. The first-order valence-electron chi connectivity index (χ1n) is 8.48. The molecule has 1 atom stereocenters. The molecule has 1 saturated heterocycles. The van der Waals surface area contributed by atoms with Gasteiger partial charge in [-0.2, -0.15) is 0 Å². The van der Waals surface area contributed by atoms with Gasteiger partial charge in [-0.25, -0.2) is 0 Å². The third-order valence-electron chi connectivity index (χ3n) is 6.04. The monoisotopic (exact) mass is 286 g/mol. The number of hydrogen-bond donors (Lipinski definition) is 1. The number of piperidine rings is 1. The molecule has 116 valence electrons. The molecule has 2 nitrogen and oxygen atoms in total. The van der Waals surface area contributed by atoms with Crippen molar-refractivity contribution in [1.82, 2.24) is 10.2 Å². The molecule has 1 aliphatic carbocycles. The van der Waals surface area contributed by atoms with Gasteiger partial charge in [0.15, 0.2) is 0 Å². The van der Waals surface area contributed by atoms with Gasteiger partial charge < -0.3 is 5.32 Å². The number of hydrogen-bond acceptors (Lipinski definition) is 2. The van der Waals surface area contributed by atoms with E-state index in [1.807, 2.05) is 0 Å². The topological polar surface area (TPSA) is 15.3 Å². The summed E-state index contributed by atoms with van der Waals surface area (Å²) in [5.41, 5.74) is 3.83. The van der Waals surface area contributed by atoms with Crippen LogP contribution in [0.2, 0.25) is 0 Å². The lowest BCUT2D eigenvalue weighted by Crippen LogP contribution is -2.51. The quantitative estimate of drug-likeness (QED) is 0.888. The van der Waals surface area contributed by atoms with Crippen molar-refractivity contribution in [3.05, 3.63) is 35.4 Å². The Morgan fingerprint density at radius 1 is 1.05 bits per heavy atom. The summed E-state index contributed by atoms with van der Waals surface area (Å²) < 4.78 is 0. The summed E-state index contributed by atoms with van der Waals surface area (Å²) >= 11 is 0. The Balaban J connectivity index is 1.82. The van der Waals surface area contributed by atoms with E-state index in [0.717, 1.165) is 0 Å². The Bertz CT molecular complexity index is 498. The van der Waals surface area contributed by atoms with Crippen LogP contribution in [0.5, 0.6) is 0 Å². The maximum atomic E-state index is 3.51. The lowest BCUT2D eigenvalue weighted by Gasteiger charge is -2.46. The molecule has 1 aromatic rings. The fourth-order valence-corrected chi connectivity index (χ4v) is 4.15. The minimum atomic E-state index is 0.336. The van der Waals surface area contributed by atoms with Crippen LogP contribution in [0, 0.1) is 0 Å². The lowest BCUT2D eigenvalue weighted by atomic mass is 9.70. The third kappa shape index (κ3) is 2.76. The van der Waals surface area contributed by atoms with Gasteiger partial charge in [0.05, 0.1) is 0 Å². The molecule has 0 amide bonds. The standard InChI is InChI=1S/C19H30N2/c1-18(2)10-9-17(15-7-5-6-8-16(15)18)21-13-11-19(3,20-4)12-14-21/h5-8,17,20H,9-14H2,1-4H3. The van der Waals surface area contributed by atoms with E-state index in [-0.39, 0.29) is 0 Å². The van der Waals surface area contributed by atoms with Gasteiger partial charge in [0.25, 0.3) is 0 Å². The van der Waals surface area contributed by atoms with Crippen molar-refractivity contribution in [2.45, 2.75) is 63.5 Å². The fraction of sp³-hybridized carbons (Fsp3) is 0.684. The normalized spacial score (nSPS) is 28.1. The largest absolute Gasteiger partial charge is 0.314 e. The molecule has 21 heavy (non-hydrogen) atoms. The minimum absolute atomic E-state index is 0.336. The van der Waals surface area contributed by atoms with Gasteiger partial charge in [-0.3, -0.25) is 4.90 Å². The summed E-state index contributed by atoms with van der Waals surface area (Å²) in [7, 11) is 2.11. The second kappa shape index (κ2) is 5.40. The highest BCUT2D eigenvalue weighted by Gasteiger charge is 2.37. The Morgan fingerprint density at radius 2 is 1.71 bits per heavy atom. The Morgan fingerprint density at radius 3 is 2.38 bits per heavy atom. The Labute approximate surface area is 129 Å². The minimum Gasteiger partial charge on any atom is -0.314 e. The predicted molar refractivity (Wildman–Crippen MR) is 89.7 cm³/mol. The number of likely N-dealkylation sites (tertiary alicyclic amines) is 1. The molecule has 1 heterocycles. The molecule has 0 saturated carbocycles. The van der Waals surface area contributed by atoms with Crippen LogP contribution in [0.3, 0.4) is 0 Å². The van der Waals surface area contributed by atoms with Crippen molar-refractivity contribution < 1.29 is 0 Å². The van der Waals surface area contributed by atoms with Gasteiger partial charge in [0.2, 0.25) is 0 Å². The molecular formula is C19H30N2. The zero-order chi connectivity index (χ0) is 15.1. The average Bonchev–Trinajstić information content (AvgIpc) is 2.49. The molecule has 1 fully saturated rings. The number of benzene rings is 1. The van der Waals surface area contributed by atoms with Gasteiger partial charge in [-0.05, 0) is 56.2 Å². The van der Waals surface area contributed by atoms with Crippen LogP contribution in [0.25, 0.3) is 0 Å². The van der Waals surface area contributed by atoms with Crippen LogP contribution >= 0.6 is 0 Å². The number of nitrogens with one attached hydrogen (secondary N) is 1. The van der Waals surface area contributed by atoms with Crippen molar-refractivity contribution in [2.24, 2.45) is 0 Å². The molecule has 1 aliphatic heterocycles. The molecule has 0 spiro atoms. The average molecular weight is 286 g/mol. The van der Waals surface area contributed by atoms with Gasteiger partial charge in [-0.15, -0.1) is 0 Å². The van der Waals surface area contributed by atoms with Gasteiger partial charge in [-0.1, -0.05) is 38.1 Å². The summed E-state index contributed by atoms with van der Waals surface area (Å²) in [6.07, 6.45) is 5.12. The summed E-state index contributed by atoms with van der Waals surface area (Å²) in [5.74, 6) is 0. The highest BCUT2D eigenvalue weighted by atomic mass is 15.2. The van der Waals surface area contributed by atoms with E-state index in [4.69, 9.17) is 0 Å². The van der Waals surface area contributed by atoms with E-state index in [1.54, 1.807) is 11.1 Å². The van der Waals surface area contributed by atoms with Crippen LogP contribution in [0.1, 0.15) is 63.6 Å². The van der Waals surface area contributed by atoms with E-state index < -0.39 is 0 Å². The summed E-state index contributed by atoms with van der Waals surface area (Å²) in [6.45, 7) is 9.60. The Kier molecular flexibility index (Phi) is 3.87. The van der Waals surface area contributed by atoms with Crippen LogP contribution in [0.15, 0.2) is 24.3 Å². The molecule has 3 rings (SSSR count). The molecule has 2 aliphatic rings. The highest BCUT2D eigenvalue weighted by molar-refractivity contribution is 5.38. The first-order valence-corrected chi connectivity index (χ1v) is 8.48. The number of rotatable bonds is 2. The fourth-order valence-electron chi connectivity index (χ4n) is 4.15.